The number of benzene rings is 1. The van der Waals surface area contributed by atoms with Gasteiger partial charge in [0.1, 0.15) is 0 Å². The molecule has 0 aliphatic rings. The van der Waals surface area contributed by atoms with Gasteiger partial charge in [-0.3, -0.25) is 24.2 Å². The summed E-state index contributed by atoms with van der Waals surface area (Å²) in [6.07, 6.45) is 2.42. The van der Waals surface area contributed by atoms with Crippen LogP contribution in [0.2, 0.25) is 0 Å². The van der Waals surface area contributed by atoms with Crippen molar-refractivity contribution in [2.45, 2.75) is 44.9 Å². The maximum atomic E-state index is 12.8. The molecule has 164 valence electrons. The molecule has 0 atom stereocenters. The highest BCUT2D eigenvalue weighted by Gasteiger charge is 2.16. The Balaban J connectivity index is 1.93. The Morgan fingerprint density at radius 1 is 1.13 bits per heavy atom. The van der Waals surface area contributed by atoms with Crippen LogP contribution in [0.25, 0.3) is 5.95 Å². The van der Waals surface area contributed by atoms with Crippen molar-refractivity contribution in [3.05, 3.63) is 61.9 Å². The highest BCUT2D eigenvalue weighted by molar-refractivity contribution is 7.85. The number of H-pyrrole nitrogens is 2. The molecule has 0 radical (unpaired) electrons. The third kappa shape index (κ3) is 4.86. The molecule has 0 saturated heterocycles. The van der Waals surface area contributed by atoms with Crippen LogP contribution in [-0.2, 0) is 16.5 Å². The quantitative estimate of drug-likeness (QED) is 0.373. The van der Waals surface area contributed by atoms with Crippen LogP contribution in [0.3, 0.4) is 0 Å². The van der Waals surface area contributed by atoms with E-state index < -0.39 is 15.7 Å². The average Bonchev–Trinajstić information content (AvgIpc) is 2.99. The Labute approximate surface area is 177 Å². The van der Waals surface area contributed by atoms with Gasteiger partial charge < -0.3 is 0 Å². The van der Waals surface area contributed by atoms with Gasteiger partial charge in [0.2, 0.25) is 5.95 Å². The van der Waals surface area contributed by atoms with Gasteiger partial charge in [0.15, 0.2) is 5.69 Å². The fourth-order valence-electron chi connectivity index (χ4n) is 2.95. The topological polar surface area (TPSA) is 163 Å². The van der Waals surface area contributed by atoms with Crippen LogP contribution in [0, 0.1) is 13.8 Å². The van der Waals surface area contributed by atoms with Crippen molar-refractivity contribution in [2.75, 3.05) is 0 Å². The summed E-state index contributed by atoms with van der Waals surface area (Å²) in [5, 5.41) is 10.7. The van der Waals surface area contributed by atoms with Crippen molar-refractivity contribution in [3.8, 4) is 5.95 Å². The number of nitrogens with one attached hydrogen (secondary N) is 2. The van der Waals surface area contributed by atoms with E-state index in [1.54, 1.807) is 13.8 Å². The van der Waals surface area contributed by atoms with Crippen LogP contribution in [0.4, 0.5) is 11.4 Å². The summed E-state index contributed by atoms with van der Waals surface area (Å²) >= 11 is 0. The van der Waals surface area contributed by atoms with Gasteiger partial charge in [-0.2, -0.15) is 18.2 Å². The zero-order valence-electron chi connectivity index (χ0n) is 17.2. The summed E-state index contributed by atoms with van der Waals surface area (Å²) in [5.41, 5.74) is 0.981. The van der Waals surface area contributed by atoms with E-state index in [1.165, 1.54) is 24.3 Å². The van der Waals surface area contributed by atoms with Gasteiger partial charge in [0.05, 0.1) is 22.0 Å². The summed E-state index contributed by atoms with van der Waals surface area (Å²) in [7, 11) is -4.31. The van der Waals surface area contributed by atoms with Gasteiger partial charge in [-0.05, 0) is 51.0 Å². The molecule has 12 heteroatoms. The van der Waals surface area contributed by atoms with E-state index in [1.807, 2.05) is 6.92 Å². The largest absolute Gasteiger partial charge is 0.301 e. The van der Waals surface area contributed by atoms with E-state index in [0.717, 1.165) is 17.5 Å². The molecule has 1 aromatic carbocycles. The van der Waals surface area contributed by atoms with Crippen molar-refractivity contribution >= 4 is 21.5 Å². The lowest BCUT2D eigenvalue weighted by molar-refractivity contribution is 0.483. The molecular weight excluding hydrogens is 424 g/mol. The second-order valence-electron chi connectivity index (χ2n) is 6.95. The smallest absolute Gasteiger partial charge is 0.291 e. The molecule has 0 saturated carbocycles. The predicted octanol–water partition coefficient (Wildman–Crippen LogP) is 2.87. The summed E-state index contributed by atoms with van der Waals surface area (Å²) in [5.74, 6) is 0.0507. The molecule has 0 spiro atoms. The molecule has 0 unspecified atom stereocenters. The number of unbranched alkanes of at least 4 members (excludes halogenated alkanes) is 1. The summed E-state index contributed by atoms with van der Waals surface area (Å²) in [4.78, 5) is 31.9. The normalized spacial score (nSPS) is 12.0. The number of aromatic amines is 2. The van der Waals surface area contributed by atoms with Crippen LogP contribution in [0.5, 0.6) is 0 Å². The predicted molar refractivity (Wildman–Crippen MR) is 113 cm³/mol. The number of aryl methyl sites for hydroxylation is 2. The Kier molecular flexibility index (Phi) is 6.32. The van der Waals surface area contributed by atoms with E-state index in [9.17, 15) is 18.0 Å². The molecule has 0 amide bonds. The molecule has 0 bridgehead atoms. The molecule has 31 heavy (non-hydrogen) atoms. The van der Waals surface area contributed by atoms with E-state index in [4.69, 9.17) is 4.55 Å². The summed E-state index contributed by atoms with van der Waals surface area (Å²) in [6.45, 7) is 5.38. The zero-order valence-corrected chi connectivity index (χ0v) is 18.0. The zero-order chi connectivity index (χ0) is 22.8. The third-order valence-electron chi connectivity index (χ3n) is 4.64. The Morgan fingerprint density at radius 2 is 1.81 bits per heavy atom. The number of hydrogen-bond acceptors (Lipinski definition) is 7. The highest BCUT2D eigenvalue weighted by atomic mass is 32.2. The first-order chi connectivity index (χ1) is 14.6. The second kappa shape index (κ2) is 8.78. The molecule has 3 rings (SSSR count). The molecule has 2 heterocycles. The number of azo groups is 1. The van der Waals surface area contributed by atoms with Crippen molar-refractivity contribution in [3.63, 3.8) is 0 Å². The minimum atomic E-state index is -4.31. The molecule has 11 nitrogen and oxygen atoms in total. The van der Waals surface area contributed by atoms with Gasteiger partial charge in [0.25, 0.3) is 15.7 Å². The summed E-state index contributed by atoms with van der Waals surface area (Å²) < 4.78 is 32.3. The fourth-order valence-corrected chi connectivity index (χ4v) is 3.43. The lowest BCUT2D eigenvalue weighted by Crippen LogP contribution is -2.24. The van der Waals surface area contributed by atoms with Gasteiger partial charge >= 0.3 is 5.56 Å². The van der Waals surface area contributed by atoms with Crippen molar-refractivity contribution < 1.29 is 13.0 Å². The number of nitrogens with zero attached hydrogens (tertiary/aromatic N) is 4. The van der Waals surface area contributed by atoms with Crippen molar-refractivity contribution in [1.29, 1.82) is 0 Å². The Hall–Kier alpha value is -3.38. The van der Waals surface area contributed by atoms with Crippen molar-refractivity contribution in [1.82, 2.24) is 19.7 Å². The minimum absolute atomic E-state index is 0.00854. The van der Waals surface area contributed by atoms with Crippen LogP contribution in [0.15, 0.2) is 49.0 Å². The maximum Gasteiger partial charge on any atom is 0.301 e. The lowest BCUT2D eigenvalue weighted by atomic mass is 10.1. The average molecular weight is 446 g/mol. The number of aromatic nitrogens is 4. The van der Waals surface area contributed by atoms with Gasteiger partial charge in [-0.1, -0.05) is 13.3 Å². The van der Waals surface area contributed by atoms with E-state index >= 15 is 0 Å². The molecule has 3 N–H and O–H groups in total. The van der Waals surface area contributed by atoms with E-state index in [2.05, 4.69) is 25.3 Å². The van der Waals surface area contributed by atoms with Crippen LogP contribution in [-0.4, -0.2) is 32.7 Å². The van der Waals surface area contributed by atoms with E-state index in [0.29, 0.717) is 23.4 Å². The monoisotopic (exact) mass is 446 g/mol. The van der Waals surface area contributed by atoms with Crippen LogP contribution in [0.1, 0.15) is 36.7 Å². The second-order valence-corrected chi connectivity index (χ2v) is 8.37. The Bertz CT molecular complexity index is 1350. The molecule has 3 aromatic rings. The fraction of sp³-hybridized carbons (Fsp3) is 0.316. The number of rotatable bonds is 7. The first-order valence-corrected chi connectivity index (χ1v) is 11.0. The first-order valence-electron chi connectivity index (χ1n) is 9.53. The minimum Gasteiger partial charge on any atom is -0.291 e. The lowest BCUT2D eigenvalue weighted by Gasteiger charge is -2.06. The van der Waals surface area contributed by atoms with Gasteiger partial charge in [-0.15, -0.1) is 5.11 Å². The standard InChI is InChI=1S/C19H22N6O5S/c1-4-5-6-15-11(2)20-19(21-17(15)26)25-18(27)16(12(3)24-25)23-22-13-7-9-14(10-8-13)31(28,29)30/h7-10,24H,4-6H2,1-3H3,(H,20,21,26)(H,28,29,30). The summed E-state index contributed by atoms with van der Waals surface area (Å²) in [6, 6.07) is 5.02. The molecule has 0 aliphatic heterocycles. The third-order valence-corrected chi connectivity index (χ3v) is 5.51. The molecule has 0 aliphatic carbocycles. The van der Waals surface area contributed by atoms with Crippen LogP contribution < -0.4 is 11.1 Å². The van der Waals surface area contributed by atoms with E-state index in [-0.39, 0.29) is 27.8 Å². The van der Waals surface area contributed by atoms with Gasteiger partial charge in [-0.25, -0.2) is 4.98 Å². The SMILES string of the molecule is CCCCc1c(C)nc(-n2[nH]c(C)c(N=Nc3ccc(S(=O)(=O)O)cc3)c2=O)[nH]c1=O. The molecule has 2 aromatic heterocycles. The van der Waals surface area contributed by atoms with Crippen LogP contribution >= 0.6 is 0 Å². The Morgan fingerprint density at radius 3 is 2.39 bits per heavy atom. The number of hydrogen-bond donors (Lipinski definition) is 3. The first kappa shape index (κ1) is 22.3. The maximum absolute atomic E-state index is 12.8. The highest BCUT2D eigenvalue weighted by Crippen LogP contribution is 2.20. The molecular formula is C19H22N6O5S. The van der Waals surface area contributed by atoms with Crippen molar-refractivity contribution in [2.24, 2.45) is 10.2 Å². The van der Waals surface area contributed by atoms with Gasteiger partial charge in [0, 0.05) is 5.56 Å². The molecule has 0 fully saturated rings.